The number of para-hydroxylation sites is 1. The van der Waals surface area contributed by atoms with Gasteiger partial charge in [-0.05, 0) is 58.9 Å². The van der Waals surface area contributed by atoms with E-state index in [0.717, 1.165) is 5.69 Å². The predicted molar refractivity (Wildman–Crippen MR) is 111 cm³/mol. The topological polar surface area (TPSA) is 64.2 Å². The third-order valence-electron chi connectivity index (χ3n) is 4.39. The fourth-order valence-electron chi connectivity index (χ4n) is 3.25. The van der Waals surface area contributed by atoms with Crippen molar-refractivity contribution in [3.05, 3.63) is 48.7 Å². The minimum absolute atomic E-state index is 0.0946. The zero-order valence-electron chi connectivity index (χ0n) is 16.9. The first-order chi connectivity index (χ1) is 13.4. The number of benzene rings is 1. The molecule has 0 aliphatic rings. The van der Waals surface area contributed by atoms with Crippen molar-refractivity contribution in [2.45, 2.75) is 57.1 Å². The molecule has 6 nitrogen and oxygen atoms in total. The minimum atomic E-state index is -0.291. The molecule has 3 rings (SSSR count). The molecule has 1 amide bonds. The lowest BCUT2D eigenvalue weighted by molar-refractivity contribution is -0.133. The number of carbonyl (C=O) groups is 1. The summed E-state index contributed by atoms with van der Waals surface area (Å²) in [7, 11) is 0. The summed E-state index contributed by atoms with van der Waals surface area (Å²) in [6.07, 6.45) is 1.61. The number of rotatable bonds is 7. The van der Waals surface area contributed by atoms with Gasteiger partial charge in [0, 0.05) is 17.8 Å². The first-order valence-corrected chi connectivity index (χ1v) is 10.3. The van der Waals surface area contributed by atoms with E-state index < -0.39 is 0 Å². The third kappa shape index (κ3) is 4.14. The summed E-state index contributed by atoms with van der Waals surface area (Å²) in [4.78, 5) is 15.0. The van der Waals surface area contributed by atoms with Crippen molar-refractivity contribution in [3.8, 4) is 17.3 Å². The molecule has 3 aromatic rings. The van der Waals surface area contributed by atoms with Gasteiger partial charge < -0.3 is 9.32 Å². The van der Waals surface area contributed by atoms with Gasteiger partial charge in [-0.1, -0.05) is 30.0 Å². The second kappa shape index (κ2) is 8.65. The second-order valence-corrected chi connectivity index (χ2v) is 8.46. The molecule has 0 N–H and O–H groups in total. The predicted octanol–water partition coefficient (Wildman–Crippen LogP) is 4.65. The Labute approximate surface area is 169 Å². The molecular formula is C21H26N4O2S. The standard InChI is InChI=1S/C21H26N4O2S/c1-14(2)24(15(3)4)20(26)16(5)28-21-23-22-19(18-12-9-13-27-18)25(21)17-10-7-6-8-11-17/h6-16H,1-5H3. The summed E-state index contributed by atoms with van der Waals surface area (Å²) in [5.74, 6) is 1.34. The average molecular weight is 399 g/mol. The van der Waals surface area contributed by atoms with Crippen molar-refractivity contribution in [2.75, 3.05) is 0 Å². The molecule has 0 fully saturated rings. The lowest BCUT2D eigenvalue weighted by atomic mass is 10.2. The Hall–Kier alpha value is -2.54. The van der Waals surface area contributed by atoms with Crippen molar-refractivity contribution in [3.63, 3.8) is 0 Å². The summed E-state index contributed by atoms with van der Waals surface area (Å²) in [6, 6.07) is 13.8. The Morgan fingerprint density at radius 1 is 1.00 bits per heavy atom. The number of amides is 1. The third-order valence-corrected chi connectivity index (χ3v) is 5.42. The van der Waals surface area contributed by atoms with Crippen molar-refractivity contribution >= 4 is 17.7 Å². The Morgan fingerprint density at radius 3 is 2.25 bits per heavy atom. The van der Waals surface area contributed by atoms with Gasteiger partial charge in [-0.3, -0.25) is 9.36 Å². The highest BCUT2D eigenvalue weighted by molar-refractivity contribution is 8.00. The van der Waals surface area contributed by atoms with Gasteiger partial charge >= 0.3 is 0 Å². The molecule has 1 atom stereocenters. The Bertz CT molecular complexity index is 896. The number of nitrogens with zero attached hydrogens (tertiary/aromatic N) is 4. The molecular weight excluding hydrogens is 372 g/mol. The van der Waals surface area contributed by atoms with Crippen LogP contribution in [0.15, 0.2) is 58.3 Å². The number of hydrogen-bond acceptors (Lipinski definition) is 5. The van der Waals surface area contributed by atoms with Crippen LogP contribution in [0, 0.1) is 0 Å². The van der Waals surface area contributed by atoms with E-state index >= 15 is 0 Å². The van der Waals surface area contributed by atoms with Gasteiger partial charge in [-0.25, -0.2) is 0 Å². The highest BCUT2D eigenvalue weighted by Crippen LogP contribution is 2.31. The van der Waals surface area contributed by atoms with Gasteiger partial charge in [0.05, 0.1) is 11.5 Å². The quantitative estimate of drug-likeness (QED) is 0.542. The Morgan fingerprint density at radius 2 is 1.68 bits per heavy atom. The average Bonchev–Trinajstić information content (AvgIpc) is 3.31. The molecule has 148 valence electrons. The normalized spacial score (nSPS) is 12.5. The van der Waals surface area contributed by atoms with Crippen LogP contribution in [0.2, 0.25) is 0 Å². The second-order valence-electron chi connectivity index (χ2n) is 7.15. The van der Waals surface area contributed by atoms with E-state index in [4.69, 9.17) is 4.42 Å². The van der Waals surface area contributed by atoms with Crippen LogP contribution in [0.3, 0.4) is 0 Å². The summed E-state index contributed by atoms with van der Waals surface area (Å²) >= 11 is 1.41. The van der Waals surface area contributed by atoms with E-state index in [1.807, 2.05) is 86.6 Å². The summed E-state index contributed by atoms with van der Waals surface area (Å²) in [5.41, 5.74) is 0.922. The number of thioether (sulfide) groups is 1. The van der Waals surface area contributed by atoms with Crippen LogP contribution in [-0.2, 0) is 4.79 Å². The van der Waals surface area contributed by atoms with Crippen LogP contribution >= 0.6 is 11.8 Å². The lowest BCUT2D eigenvalue weighted by Gasteiger charge is -2.32. The maximum absolute atomic E-state index is 13.0. The molecule has 28 heavy (non-hydrogen) atoms. The van der Waals surface area contributed by atoms with E-state index in [9.17, 15) is 4.79 Å². The molecule has 7 heteroatoms. The summed E-state index contributed by atoms with van der Waals surface area (Å²) < 4.78 is 7.47. The van der Waals surface area contributed by atoms with E-state index in [2.05, 4.69) is 10.2 Å². The molecule has 0 saturated heterocycles. The molecule has 0 aliphatic carbocycles. The van der Waals surface area contributed by atoms with E-state index in [0.29, 0.717) is 16.7 Å². The van der Waals surface area contributed by atoms with Crippen LogP contribution in [0.4, 0.5) is 0 Å². The monoisotopic (exact) mass is 398 g/mol. The summed E-state index contributed by atoms with van der Waals surface area (Å²) in [5, 5.41) is 9.07. The fraction of sp³-hybridized carbons (Fsp3) is 0.381. The highest BCUT2D eigenvalue weighted by atomic mass is 32.2. The van der Waals surface area contributed by atoms with Crippen LogP contribution in [0.25, 0.3) is 17.3 Å². The van der Waals surface area contributed by atoms with Crippen molar-refractivity contribution < 1.29 is 9.21 Å². The first kappa shape index (κ1) is 20.2. The van der Waals surface area contributed by atoms with E-state index in [-0.39, 0.29) is 23.2 Å². The Kier molecular flexibility index (Phi) is 6.24. The van der Waals surface area contributed by atoms with Gasteiger partial charge in [-0.2, -0.15) is 0 Å². The molecule has 0 spiro atoms. The Balaban J connectivity index is 1.95. The zero-order chi connectivity index (χ0) is 20.3. The van der Waals surface area contributed by atoms with Crippen molar-refractivity contribution in [1.82, 2.24) is 19.7 Å². The van der Waals surface area contributed by atoms with Crippen LogP contribution < -0.4 is 0 Å². The molecule has 2 heterocycles. The number of aromatic nitrogens is 3. The zero-order valence-corrected chi connectivity index (χ0v) is 17.7. The molecule has 1 unspecified atom stereocenters. The van der Waals surface area contributed by atoms with Gasteiger partial charge in [0.25, 0.3) is 0 Å². The molecule has 0 radical (unpaired) electrons. The van der Waals surface area contributed by atoms with Crippen LogP contribution in [-0.4, -0.2) is 42.9 Å². The molecule has 0 aliphatic heterocycles. The van der Waals surface area contributed by atoms with Crippen LogP contribution in [0.5, 0.6) is 0 Å². The van der Waals surface area contributed by atoms with Crippen molar-refractivity contribution in [2.24, 2.45) is 0 Å². The largest absolute Gasteiger partial charge is 0.461 e. The van der Waals surface area contributed by atoms with Gasteiger partial charge in [0.1, 0.15) is 0 Å². The number of hydrogen-bond donors (Lipinski definition) is 0. The van der Waals surface area contributed by atoms with E-state index in [1.54, 1.807) is 6.26 Å². The molecule has 0 saturated carbocycles. The van der Waals surface area contributed by atoms with Crippen molar-refractivity contribution in [1.29, 1.82) is 0 Å². The van der Waals surface area contributed by atoms with Gasteiger partial charge in [0.15, 0.2) is 10.9 Å². The lowest BCUT2D eigenvalue weighted by Crippen LogP contribution is -2.45. The molecule has 0 bridgehead atoms. The molecule has 2 aromatic heterocycles. The summed E-state index contributed by atoms with van der Waals surface area (Å²) in [6.45, 7) is 10.1. The smallest absolute Gasteiger partial charge is 0.236 e. The highest BCUT2D eigenvalue weighted by Gasteiger charge is 2.28. The fourth-order valence-corrected chi connectivity index (χ4v) is 4.17. The van der Waals surface area contributed by atoms with E-state index in [1.165, 1.54) is 11.8 Å². The first-order valence-electron chi connectivity index (χ1n) is 9.43. The maximum Gasteiger partial charge on any atom is 0.236 e. The number of carbonyl (C=O) groups excluding carboxylic acids is 1. The number of furan rings is 1. The van der Waals surface area contributed by atoms with Gasteiger partial charge in [0.2, 0.25) is 11.7 Å². The van der Waals surface area contributed by atoms with Gasteiger partial charge in [-0.15, -0.1) is 10.2 Å². The van der Waals surface area contributed by atoms with Crippen LogP contribution in [0.1, 0.15) is 34.6 Å². The maximum atomic E-state index is 13.0. The SMILES string of the molecule is CC(Sc1nnc(-c2ccco2)n1-c1ccccc1)C(=O)N(C(C)C)C(C)C. The molecule has 1 aromatic carbocycles. The minimum Gasteiger partial charge on any atom is -0.461 e.